The zero-order valence-electron chi connectivity index (χ0n) is 12.7. The molecule has 122 valence electrons. The molecular formula is C16H14Cl2N6. The summed E-state index contributed by atoms with van der Waals surface area (Å²) in [6, 6.07) is 7.50. The van der Waals surface area contributed by atoms with Gasteiger partial charge >= 0.3 is 0 Å². The van der Waals surface area contributed by atoms with Gasteiger partial charge in [0.15, 0.2) is 5.82 Å². The van der Waals surface area contributed by atoms with Crippen LogP contribution in [0.2, 0.25) is 10.0 Å². The Hall–Kier alpha value is -2.02. The van der Waals surface area contributed by atoms with Crippen LogP contribution in [0.5, 0.6) is 0 Å². The van der Waals surface area contributed by atoms with Crippen LogP contribution in [0.15, 0.2) is 36.7 Å². The molecule has 0 N–H and O–H groups in total. The first-order valence-corrected chi connectivity index (χ1v) is 8.32. The highest BCUT2D eigenvalue weighted by molar-refractivity contribution is 6.42. The Balaban J connectivity index is 1.55. The molecular weight excluding hydrogens is 347 g/mol. The minimum absolute atomic E-state index is 0.581. The number of halogens is 2. The van der Waals surface area contributed by atoms with E-state index in [1.165, 1.54) is 0 Å². The minimum Gasteiger partial charge on any atom is -0.306 e. The van der Waals surface area contributed by atoms with Crippen LogP contribution < -0.4 is 0 Å². The first kappa shape index (κ1) is 15.5. The van der Waals surface area contributed by atoms with Gasteiger partial charge in [-0.3, -0.25) is 4.90 Å². The zero-order chi connectivity index (χ0) is 16.5. The van der Waals surface area contributed by atoms with Gasteiger partial charge in [0, 0.05) is 32.0 Å². The largest absolute Gasteiger partial charge is 0.306 e. The summed E-state index contributed by atoms with van der Waals surface area (Å²) in [5.41, 5.74) is 1.02. The van der Waals surface area contributed by atoms with E-state index < -0.39 is 0 Å². The molecule has 0 amide bonds. The molecule has 0 unspecified atom stereocenters. The maximum absolute atomic E-state index is 6.29. The van der Waals surface area contributed by atoms with Gasteiger partial charge in [0.1, 0.15) is 5.82 Å². The van der Waals surface area contributed by atoms with E-state index in [0.717, 1.165) is 31.0 Å². The lowest BCUT2D eigenvalue weighted by Gasteiger charge is -2.27. The highest BCUT2D eigenvalue weighted by Gasteiger charge is 2.23. The summed E-state index contributed by atoms with van der Waals surface area (Å²) >= 11 is 12.4. The van der Waals surface area contributed by atoms with Crippen molar-refractivity contribution in [3.05, 3.63) is 58.1 Å². The molecule has 1 aromatic carbocycles. The second-order valence-corrected chi connectivity index (χ2v) is 6.37. The molecule has 0 fully saturated rings. The Bertz CT molecular complexity index is 864. The van der Waals surface area contributed by atoms with Crippen LogP contribution in [0.4, 0.5) is 0 Å². The predicted molar refractivity (Wildman–Crippen MR) is 91.6 cm³/mol. The van der Waals surface area contributed by atoms with Crippen LogP contribution in [-0.4, -0.2) is 36.2 Å². The third kappa shape index (κ3) is 2.88. The molecule has 1 aliphatic rings. The topological polar surface area (TPSA) is 59.7 Å². The van der Waals surface area contributed by atoms with E-state index in [4.69, 9.17) is 23.2 Å². The Morgan fingerprint density at radius 3 is 2.67 bits per heavy atom. The van der Waals surface area contributed by atoms with Crippen molar-refractivity contribution in [2.75, 3.05) is 6.54 Å². The first-order valence-electron chi connectivity index (χ1n) is 7.57. The fourth-order valence-electron chi connectivity index (χ4n) is 2.83. The van der Waals surface area contributed by atoms with Gasteiger partial charge < -0.3 is 4.57 Å². The minimum atomic E-state index is 0.581. The maximum Gasteiger partial charge on any atom is 0.201 e. The summed E-state index contributed by atoms with van der Waals surface area (Å²) in [6.07, 6.45) is 3.42. The van der Waals surface area contributed by atoms with E-state index in [-0.39, 0.29) is 0 Å². The maximum atomic E-state index is 6.29. The van der Waals surface area contributed by atoms with Crippen LogP contribution in [0.1, 0.15) is 11.4 Å². The van der Waals surface area contributed by atoms with E-state index in [9.17, 15) is 0 Å². The van der Waals surface area contributed by atoms with Crippen molar-refractivity contribution >= 4 is 23.2 Å². The molecule has 0 bridgehead atoms. The number of nitrogens with zero attached hydrogens (tertiary/aromatic N) is 6. The van der Waals surface area contributed by atoms with Gasteiger partial charge in [-0.05, 0) is 17.7 Å². The van der Waals surface area contributed by atoms with E-state index in [2.05, 4.69) is 29.6 Å². The van der Waals surface area contributed by atoms with Crippen molar-refractivity contribution in [3.8, 4) is 11.6 Å². The SMILES string of the molecule is Clc1cccc(CN2CCn3c(nnc3-c3ncccn3)C2)c1Cl. The Kier molecular flexibility index (Phi) is 4.18. The van der Waals surface area contributed by atoms with Crippen LogP contribution in [0.3, 0.4) is 0 Å². The van der Waals surface area contributed by atoms with Gasteiger partial charge in [0.05, 0.1) is 16.6 Å². The molecule has 3 heterocycles. The number of benzene rings is 1. The van der Waals surface area contributed by atoms with Gasteiger partial charge in [-0.15, -0.1) is 10.2 Å². The molecule has 24 heavy (non-hydrogen) atoms. The Labute approximate surface area is 149 Å². The third-order valence-electron chi connectivity index (χ3n) is 4.02. The molecule has 8 heteroatoms. The molecule has 1 aliphatic heterocycles. The van der Waals surface area contributed by atoms with Crippen molar-refractivity contribution in [2.24, 2.45) is 0 Å². The fraction of sp³-hybridized carbons (Fsp3) is 0.250. The summed E-state index contributed by atoms with van der Waals surface area (Å²) in [5, 5.41) is 9.75. The van der Waals surface area contributed by atoms with E-state index in [0.29, 0.717) is 28.2 Å². The number of hydrogen-bond acceptors (Lipinski definition) is 5. The van der Waals surface area contributed by atoms with Crippen LogP contribution in [-0.2, 0) is 19.6 Å². The van der Waals surface area contributed by atoms with Crippen molar-refractivity contribution in [3.63, 3.8) is 0 Å². The molecule has 0 aliphatic carbocycles. The average molecular weight is 361 g/mol. The number of fused-ring (bicyclic) bond motifs is 1. The van der Waals surface area contributed by atoms with Crippen molar-refractivity contribution in [1.82, 2.24) is 29.6 Å². The quantitative estimate of drug-likeness (QED) is 0.718. The van der Waals surface area contributed by atoms with Gasteiger partial charge in [-0.1, -0.05) is 35.3 Å². The standard InChI is InChI=1S/C16H14Cl2N6/c17-12-4-1-3-11(14(12)18)9-23-7-8-24-13(10-23)21-22-16(24)15-19-5-2-6-20-15/h1-6H,7-10H2. The van der Waals surface area contributed by atoms with Gasteiger partial charge in [0.25, 0.3) is 0 Å². The molecule has 0 radical (unpaired) electrons. The van der Waals surface area contributed by atoms with Crippen LogP contribution in [0.25, 0.3) is 11.6 Å². The predicted octanol–water partition coefficient (Wildman–Crippen LogP) is 3.06. The van der Waals surface area contributed by atoms with Crippen molar-refractivity contribution in [1.29, 1.82) is 0 Å². The fourth-order valence-corrected chi connectivity index (χ4v) is 3.21. The summed E-state index contributed by atoms with van der Waals surface area (Å²) < 4.78 is 2.07. The lowest BCUT2D eigenvalue weighted by molar-refractivity contribution is 0.209. The first-order chi connectivity index (χ1) is 11.7. The van der Waals surface area contributed by atoms with Crippen molar-refractivity contribution < 1.29 is 0 Å². The molecule has 2 aromatic heterocycles. The Morgan fingerprint density at radius 2 is 1.83 bits per heavy atom. The molecule has 0 spiro atoms. The van der Waals surface area contributed by atoms with E-state index in [1.807, 2.05) is 12.1 Å². The smallest absolute Gasteiger partial charge is 0.201 e. The number of hydrogen-bond donors (Lipinski definition) is 0. The lowest BCUT2D eigenvalue weighted by atomic mass is 10.2. The lowest BCUT2D eigenvalue weighted by Crippen LogP contribution is -2.33. The second kappa shape index (κ2) is 6.47. The molecule has 0 atom stereocenters. The summed E-state index contributed by atoms with van der Waals surface area (Å²) in [5.74, 6) is 2.22. The molecule has 6 nitrogen and oxygen atoms in total. The summed E-state index contributed by atoms with van der Waals surface area (Å²) in [4.78, 5) is 10.8. The van der Waals surface area contributed by atoms with Gasteiger partial charge in [-0.25, -0.2) is 9.97 Å². The summed E-state index contributed by atoms with van der Waals surface area (Å²) in [7, 11) is 0. The molecule has 4 rings (SSSR count). The van der Waals surface area contributed by atoms with E-state index >= 15 is 0 Å². The summed E-state index contributed by atoms with van der Waals surface area (Å²) in [6.45, 7) is 3.08. The molecule has 0 saturated carbocycles. The highest BCUT2D eigenvalue weighted by Crippen LogP contribution is 2.27. The Morgan fingerprint density at radius 1 is 1.00 bits per heavy atom. The monoisotopic (exact) mass is 360 g/mol. The van der Waals surface area contributed by atoms with Crippen LogP contribution >= 0.6 is 23.2 Å². The third-order valence-corrected chi connectivity index (χ3v) is 4.88. The number of rotatable bonds is 3. The second-order valence-electron chi connectivity index (χ2n) is 5.59. The molecule has 3 aromatic rings. The highest BCUT2D eigenvalue weighted by atomic mass is 35.5. The molecule has 0 saturated heterocycles. The number of aromatic nitrogens is 5. The van der Waals surface area contributed by atoms with Crippen molar-refractivity contribution in [2.45, 2.75) is 19.6 Å². The average Bonchev–Trinajstić information content (AvgIpc) is 3.03. The van der Waals surface area contributed by atoms with E-state index in [1.54, 1.807) is 24.5 Å². The van der Waals surface area contributed by atoms with Gasteiger partial charge in [0.2, 0.25) is 5.82 Å². The van der Waals surface area contributed by atoms with Crippen LogP contribution in [0, 0.1) is 0 Å². The van der Waals surface area contributed by atoms with Gasteiger partial charge in [-0.2, -0.15) is 0 Å². The zero-order valence-corrected chi connectivity index (χ0v) is 14.2. The normalized spacial score (nSPS) is 14.6.